The molecule has 1 unspecified atom stereocenters. The number of pyridine rings is 1. The maximum absolute atomic E-state index is 5.75. The molecule has 1 aliphatic heterocycles. The molecule has 0 saturated carbocycles. The van der Waals surface area contributed by atoms with Crippen molar-refractivity contribution in [1.29, 1.82) is 0 Å². The lowest BCUT2D eigenvalue weighted by Gasteiger charge is -2.11. The molecule has 0 aromatic carbocycles. The van der Waals surface area contributed by atoms with Crippen molar-refractivity contribution in [2.75, 3.05) is 18.9 Å². The van der Waals surface area contributed by atoms with Crippen LogP contribution in [0.4, 0.5) is 5.69 Å². The second-order valence-electron chi connectivity index (χ2n) is 3.49. The number of aromatic nitrogens is 1. The highest BCUT2D eigenvalue weighted by Crippen LogP contribution is 2.23. The van der Waals surface area contributed by atoms with E-state index in [1.807, 2.05) is 0 Å². The third kappa shape index (κ3) is 2.82. The molecule has 0 radical (unpaired) electrons. The topological polar surface area (TPSA) is 57.4 Å². The minimum Gasteiger partial charge on any atom is -0.473 e. The fourth-order valence-corrected chi connectivity index (χ4v) is 1.86. The Balaban J connectivity index is 1.92. The highest BCUT2D eigenvalue weighted by atomic mass is 79.9. The molecule has 2 N–H and O–H groups in total. The van der Waals surface area contributed by atoms with Crippen LogP contribution in [0, 0.1) is 0 Å². The van der Waals surface area contributed by atoms with E-state index in [0.29, 0.717) is 18.2 Å². The zero-order chi connectivity index (χ0) is 10.7. The van der Waals surface area contributed by atoms with E-state index in [-0.39, 0.29) is 6.10 Å². The highest BCUT2D eigenvalue weighted by molar-refractivity contribution is 9.10. The van der Waals surface area contributed by atoms with Gasteiger partial charge < -0.3 is 15.2 Å². The number of nitrogen functional groups attached to an aromatic ring is 1. The van der Waals surface area contributed by atoms with Gasteiger partial charge in [-0.25, -0.2) is 4.98 Å². The van der Waals surface area contributed by atoms with E-state index in [0.717, 1.165) is 23.9 Å². The molecule has 4 nitrogen and oxygen atoms in total. The Labute approximate surface area is 96.9 Å². The molecule has 2 rings (SSSR count). The predicted molar refractivity (Wildman–Crippen MR) is 60.8 cm³/mol. The van der Waals surface area contributed by atoms with E-state index in [2.05, 4.69) is 20.9 Å². The molecule has 1 saturated heterocycles. The van der Waals surface area contributed by atoms with Gasteiger partial charge in [0.2, 0.25) is 5.88 Å². The number of hydrogen-bond donors (Lipinski definition) is 1. The van der Waals surface area contributed by atoms with Crippen molar-refractivity contribution in [2.45, 2.75) is 18.9 Å². The Bertz CT molecular complexity index is 340. The van der Waals surface area contributed by atoms with Crippen LogP contribution in [-0.2, 0) is 4.74 Å². The molecular formula is C10H13BrN2O2. The Kier molecular flexibility index (Phi) is 3.43. The summed E-state index contributed by atoms with van der Waals surface area (Å²) in [5.41, 5.74) is 6.29. The van der Waals surface area contributed by atoms with Gasteiger partial charge >= 0.3 is 0 Å². The lowest BCUT2D eigenvalue weighted by atomic mass is 10.2. The first kappa shape index (κ1) is 10.7. The third-order valence-electron chi connectivity index (χ3n) is 2.28. The number of nitrogens with two attached hydrogens (primary N) is 1. The molecule has 1 fully saturated rings. The van der Waals surface area contributed by atoms with Gasteiger partial charge in [0, 0.05) is 17.3 Å². The van der Waals surface area contributed by atoms with Crippen LogP contribution in [0.15, 0.2) is 16.7 Å². The fourth-order valence-electron chi connectivity index (χ4n) is 1.51. The van der Waals surface area contributed by atoms with Gasteiger partial charge in [-0.1, -0.05) is 0 Å². The minimum atomic E-state index is 0.190. The van der Waals surface area contributed by atoms with Crippen LogP contribution in [0.1, 0.15) is 12.8 Å². The first-order valence-corrected chi connectivity index (χ1v) is 5.70. The summed E-state index contributed by atoms with van der Waals surface area (Å²) in [7, 11) is 0. The predicted octanol–water partition coefficient (Wildman–Crippen LogP) is 1.98. The van der Waals surface area contributed by atoms with Crippen molar-refractivity contribution < 1.29 is 9.47 Å². The first-order chi connectivity index (χ1) is 7.25. The second kappa shape index (κ2) is 4.81. The van der Waals surface area contributed by atoms with Crippen LogP contribution in [0.3, 0.4) is 0 Å². The summed E-state index contributed by atoms with van der Waals surface area (Å²) in [4.78, 5) is 4.09. The molecule has 1 aromatic heterocycles. The smallest absolute Gasteiger partial charge is 0.237 e. The number of anilines is 1. The van der Waals surface area contributed by atoms with Crippen molar-refractivity contribution in [3.63, 3.8) is 0 Å². The van der Waals surface area contributed by atoms with Gasteiger partial charge in [0.1, 0.15) is 6.61 Å². The SMILES string of the molecule is Nc1cc(Br)cnc1OCC1CCCO1. The van der Waals surface area contributed by atoms with Crippen LogP contribution in [0.25, 0.3) is 0 Å². The Morgan fingerprint density at radius 2 is 2.53 bits per heavy atom. The molecule has 0 amide bonds. The number of nitrogens with zero attached hydrogens (tertiary/aromatic N) is 1. The second-order valence-corrected chi connectivity index (χ2v) is 4.41. The summed E-state index contributed by atoms with van der Waals surface area (Å²) >= 11 is 3.29. The van der Waals surface area contributed by atoms with E-state index in [1.54, 1.807) is 12.3 Å². The molecule has 82 valence electrons. The summed E-state index contributed by atoms with van der Waals surface area (Å²) < 4.78 is 11.8. The molecule has 1 aliphatic rings. The molecule has 0 bridgehead atoms. The van der Waals surface area contributed by atoms with Crippen molar-refractivity contribution in [3.05, 3.63) is 16.7 Å². The summed E-state index contributed by atoms with van der Waals surface area (Å²) in [6.45, 7) is 1.36. The van der Waals surface area contributed by atoms with Gasteiger partial charge in [-0.3, -0.25) is 0 Å². The maximum Gasteiger partial charge on any atom is 0.237 e. The molecular weight excluding hydrogens is 260 g/mol. The Hall–Kier alpha value is -0.810. The minimum absolute atomic E-state index is 0.190. The van der Waals surface area contributed by atoms with Crippen molar-refractivity contribution in [1.82, 2.24) is 4.98 Å². The number of rotatable bonds is 3. The summed E-state index contributed by atoms with van der Waals surface area (Å²) in [5, 5.41) is 0. The quantitative estimate of drug-likeness (QED) is 0.914. The van der Waals surface area contributed by atoms with E-state index in [1.165, 1.54) is 0 Å². The molecule has 2 heterocycles. The first-order valence-electron chi connectivity index (χ1n) is 4.91. The van der Waals surface area contributed by atoms with Crippen molar-refractivity contribution in [2.24, 2.45) is 0 Å². The van der Waals surface area contributed by atoms with Crippen LogP contribution < -0.4 is 10.5 Å². The standard InChI is InChI=1S/C10H13BrN2O2/c11-7-4-9(12)10(13-5-7)15-6-8-2-1-3-14-8/h4-5,8H,1-3,6,12H2. The third-order valence-corrected chi connectivity index (χ3v) is 2.71. The summed E-state index contributed by atoms with van der Waals surface area (Å²) in [6.07, 6.45) is 4.02. The van der Waals surface area contributed by atoms with E-state index in [9.17, 15) is 0 Å². The Morgan fingerprint density at radius 1 is 1.67 bits per heavy atom. The zero-order valence-electron chi connectivity index (χ0n) is 8.28. The molecule has 5 heteroatoms. The molecule has 1 aromatic rings. The fraction of sp³-hybridized carbons (Fsp3) is 0.500. The maximum atomic E-state index is 5.75. The van der Waals surface area contributed by atoms with E-state index < -0.39 is 0 Å². The number of hydrogen-bond acceptors (Lipinski definition) is 4. The number of halogens is 1. The molecule has 0 aliphatic carbocycles. The van der Waals surface area contributed by atoms with Gasteiger partial charge in [-0.15, -0.1) is 0 Å². The van der Waals surface area contributed by atoms with Crippen LogP contribution in [-0.4, -0.2) is 24.3 Å². The van der Waals surface area contributed by atoms with Gasteiger partial charge in [-0.05, 0) is 34.8 Å². The van der Waals surface area contributed by atoms with E-state index in [4.69, 9.17) is 15.2 Å². The van der Waals surface area contributed by atoms with Crippen LogP contribution in [0.5, 0.6) is 5.88 Å². The van der Waals surface area contributed by atoms with Crippen molar-refractivity contribution >= 4 is 21.6 Å². The average Bonchev–Trinajstić information content (AvgIpc) is 2.69. The van der Waals surface area contributed by atoms with Crippen LogP contribution in [0.2, 0.25) is 0 Å². The van der Waals surface area contributed by atoms with Crippen molar-refractivity contribution in [3.8, 4) is 5.88 Å². The molecule has 15 heavy (non-hydrogen) atoms. The van der Waals surface area contributed by atoms with Crippen LogP contribution >= 0.6 is 15.9 Å². The summed E-state index contributed by atoms with van der Waals surface area (Å²) in [5.74, 6) is 0.480. The lowest BCUT2D eigenvalue weighted by Crippen LogP contribution is -2.17. The monoisotopic (exact) mass is 272 g/mol. The molecule has 0 spiro atoms. The zero-order valence-corrected chi connectivity index (χ0v) is 9.87. The lowest BCUT2D eigenvalue weighted by molar-refractivity contribution is 0.0666. The van der Waals surface area contributed by atoms with Gasteiger partial charge in [0.15, 0.2) is 0 Å². The molecule has 1 atom stereocenters. The normalized spacial score (nSPS) is 20.5. The number of ether oxygens (including phenoxy) is 2. The summed E-state index contributed by atoms with van der Waals surface area (Å²) in [6, 6.07) is 1.78. The largest absolute Gasteiger partial charge is 0.473 e. The highest BCUT2D eigenvalue weighted by Gasteiger charge is 2.16. The average molecular weight is 273 g/mol. The Morgan fingerprint density at radius 3 is 3.20 bits per heavy atom. The van der Waals surface area contributed by atoms with Gasteiger partial charge in [0.25, 0.3) is 0 Å². The van der Waals surface area contributed by atoms with Gasteiger partial charge in [-0.2, -0.15) is 0 Å². The van der Waals surface area contributed by atoms with E-state index >= 15 is 0 Å². The van der Waals surface area contributed by atoms with Gasteiger partial charge in [0.05, 0.1) is 11.8 Å².